The second kappa shape index (κ2) is 4.88. The first-order chi connectivity index (χ1) is 12.1. The van der Waals surface area contributed by atoms with Gasteiger partial charge in [0, 0.05) is 17.3 Å². The average Bonchev–Trinajstić information content (AvgIpc) is 2.99. The number of carbonyl (C=O) groups is 1. The number of nitrogens with zero attached hydrogens (tertiary/aromatic N) is 1. The maximum atomic E-state index is 12.9. The minimum Gasteiger partial charge on any atom is -0.466 e. The molecule has 3 N–H and O–H groups in total. The number of hydrogen-bond acceptors (Lipinski definition) is 5. The van der Waals surface area contributed by atoms with Crippen LogP contribution in [-0.2, 0) is 19.7 Å². The molecule has 2 spiro atoms. The molecule has 1 aromatic rings. The molecule has 5 atom stereocenters. The third kappa shape index (κ3) is 1.50. The van der Waals surface area contributed by atoms with Gasteiger partial charge in [-0.3, -0.25) is 4.90 Å². The molecule has 6 nitrogen and oxygen atoms in total. The number of esters is 1. The van der Waals surface area contributed by atoms with E-state index in [1.807, 2.05) is 0 Å². The van der Waals surface area contributed by atoms with Gasteiger partial charge in [0.2, 0.25) is 0 Å². The zero-order valence-corrected chi connectivity index (χ0v) is 15.0. The van der Waals surface area contributed by atoms with E-state index in [4.69, 9.17) is 9.47 Å². The Balaban J connectivity index is 0.00000150. The highest BCUT2D eigenvalue weighted by Gasteiger charge is 2.78. The Kier molecular flexibility index (Phi) is 3.06. The summed E-state index contributed by atoms with van der Waals surface area (Å²) < 4.78 is 11.6. The van der Waals surface area contributed by atoms with Gasteiger partial charge in [0.15, 0.2) is 0 Å². The van der Waals surface area contributed by atoms with Crippen molar-refractivity contribution in [2.24, 2.45) is 5.92 Å². The molecule has 0 unspecified atom stereocenters. The van der Waals surface area contributed by atoms with E-state index in [1.165, 1.54) is 12.7 Å². The Morgan fingerprint density at radius 2 is 2.12 bits per heavy atom. The van der Waals surface area contributed by atoms with Crippen LogP contribution < -0.4 is 5.32 Å². The van der Waals surface area contributed by atoms with Gasteiger partial charge >= 0.3 is 5.97 Å². The number of fused-ring (bicyclic) bond motifs is 1. The number of nitrogens with one attached hydrogen (secondary N) is 1. The zero-order valence-electron chi connectivity index (χ0n) is 15.0. The van der Waals surface area contributed by atoms with Crippen LogP contribution in [0.25, 0.3) is 0 Å². The molecule has 3 saturated heterocycles. The van der Waals surface area contributed by atoms with E-state index in [2.05, 4.69) is 41.4 Å². The summed E-state index contributed by atoms with van der Waals surface area (Å²) in [6.07, 6.45) is 2.18. The highest BCUT2D eigenvalue weighted by atomic mass is 16.6. The van der Waals surface area contributed by atoms with Crippen molar-refractivity contribution in [3.05, 3.63) is 41.1 Å². The Labute approximate surface area is 152 Å². The molecule has 0 saturated carbocycles. The number of para-hydroxylation sites is 1. The van der Waals surface area contributed by atoms with E-state index < -0.39 is 0 Å². The molecular formula is C20H24N2O4. The first kappa shape index (κ1) is 16.3. The SMILES string of the molecule is COC(=O)C1=C2Nc3ccccc3[C@]23CCN2CC[C@H]1[C@@]1(O[C@H]1C)[C@@H]23.O. The Hall–Kier alpha value is -1.89. The van der Waals surface area contributed by atoms with Crippen LogP contribution in [0.5, 0.6) is 0 Å². The third-order valence-electron chi connectivity index (χ3n) is 7.40. The first-order valence-corrected chi connectivity index (χ1v) is 9.26. The first-order valence-electron chi connectivity index (χ1n) is 9.26. The summed E-state index contributed by atoms with van der Waals surface area (Å²) >= 11 is 0. The van der Waals surface area contributed by atoms with Gasteiger partial charge in [-0.05, 0) is 44.5 Å². The molecular weight excluding hydrogens is 332 g/mol. The van der Waals surface area contributed by atoms with Crippen LogP contribution in [0.3, 0.4) is 0 Å². The molecule has 6 rings (SSSR count). The smallest absolute Gasteiger partial charge is 0.335 e. The number of rotatable bonds is 1. The molecule has 2 bridgehead atoms. The van der Waals surface area contributed by atoms with Gasteiger partial charge in [-0.2, -0.15) is 0 Å². The van der Waals surface area contributed by atoms with Crippen molar-refractivity contribution in [2.75, 3.05) is 25.5 Å². The van der Waals surface area contributed by atoms with Crippen LogP contribution in [-0.4, -0.2) is 54.3 Å². The molecule has 0 aromatic heterocycles. The monoisotopic (exact) mass is 356 g/mol. The number of methoxy groups -OCH3 is 1. The van der Waals surface area contributed by atoms with Gasteiger partial charge in [-0.25, -0.2) is 4.79 Å². The topological polar surface area (TPSA) is 85.6 Å². The van der Waals surface area contributed by atoms with E-state index in [0.717, 1.165) is 42.9 Å². The fraction of sp³-hybridized carbons (Fsp3) is 0.550. The van der Waals surface area contributed by atoms with E-state index in [9.17, 15) is 4.79 Å². The zero-order chi connectivity index (χ0) is 17.0. The van der Waals surface area contributed by atoms with Crippen LogP contribution in [0.1, 0.15) is 25.3 Å². The maximum Gasteiger partial charge on any atom is 0.335 e. The minimum absolute atomic E-state index is 0. The van der Waals surface area contributed by atoms with E-state index >= 15 is 0 Å². The normalized spacial score (nSPS) is 41.2. The lowest BCUT2D eigenvalue weighted by atomic mass is 9.57. The molecule has 138 valence electrons. The van der Waals surface area contributed by atoms with Gasteiger partial charge in [0.25, 0.3) is 0 Å². The molecule has 0 amide bonds. The standard InChI is InChI=1S/C20H22N2O3.H2O/c1-11-20(25-11)13-7-9-22-10-8-19(18(20)22)12-5-3-4-6-14(12)21-16(19)15(13)17(23)24-2;/h3-6,11,13,18,21H,7-10H2,1-2H3;1H2/t11-,13+,18-,19+,20+;/m0./s1. The molecule has 26 heavy (non-hydrogen) atoms. The number of anilines is 1. The summed E-state index contributed by atoms with van der Waals surface area (Å²) in [6, 6.07) is 8.83. The summed E-state index contributed by atoms with van der Waals surface area (Å²) in [4.78, 5) is 15.5. The molecule has 1 aliphatic carbocycles. The van der Waals surface area contributed by atoms with Crippen LogP contribution in [0.2, 0.25) is 0 Å². The van der Waals surface area contributed by atoms with Gasteiger partial charge < -0.3 is 20.3 Å². The predicted octanol–water partition coefficient (Wildman–Crippen LogP) is 1.22. The number of benzene rings is 1. The van der Waals surface area contributed by atoms with Crippen molar-refractivity contribution in [1.82, 2.24) is 4.90 Å². The van der Waals surface area contributed by atoms with Gasteiger partial charge in [0.05, 0.1) is 30.2 Å². The number of piperidine rings is 1. The van der Waals surface area contributed by atoms with E-state index in [0.29, 0.717) is 6.04 Å². The van der Waals surface area contributed by atoms with E-state index in [1.54, 1.807) is 0 Å². The van der Waals surface area contributed by atoms with Crippen LogP contribution >= 0.6 is 0 Å². The van der Waals surface area contributed by atoms with Crippen molar-refractivity contribution in [1.29, 1.82) is 0 Å². The quantitative estimate of drug-likeness (QED) is 0.604. The third-order valence-corrected chi connectivity index (χ3v) is 7.40. The number of carbonyl (C=O) groups excluding carboxylic acids is 1. The van der Waals surface area contributed by atoms with Crippen molar-refractivity contribution >= 4 is 11.7 Å². The molecule has 1 aromatic carbocycles. The van der Waals surface area contributed by atoms with E-state index in [-0.39, 0.29) is 34.5 Å². The van der Waals surface area contributed by atoms with Crippen LogP contribution in [0.15, 0.2) is 35.5 Å². The Morgan fingerprint density at radius 3 is 2.85 bits per heavy atom. The molecule has 0 radical (unpaired) electrons. The van der Waals surface area contributed by atoms with Gasteiger partial charge in [-0.1, -0.05) is 18.2 Å². The maximum absolute atomic E-state index is 12.9. The minimum atomic E-state index is -0.235. The number of epoxide rings is 1. The molecule has 6 heteroatoms. The Bertz CT molecular complexity index is 852. The van der Waals surface area contributed by atoms with Crippen LogP contribution in [0, 0.1) is 5.92 Å². The van der Waals surface area contributed by atoms with Crippen molar-refractivity contribution in [2.45, 2.75) is 42.9 Å². The summed E-state index contributed by atoms with van der Waals surface area (Å²) in [5.74, 6) is -0.0696. The predicted molar refractivity (Wildman–Crippen MR) is 95.8 cm³/mol. The van der Waals surface area contributed by atoms with Gasteiger partial charge in [-0.15, -0.1) is 0 Å². The van der Waals surface area contributed by atoms with Crippen molar-refractivity contribution in [3.63, 3.8) is 0 Å². The summed E-state index contributed by atoms with van der Waals surface area (Å²) in [7, 11) is 1.49. The largest absolute Gasteiger partial charge is 0.466 e. The molecule has 5 aliphatic rings. The lowest BCUT2D eigenvalue weighted by Crippen LogP contribution is -2.64. The summed E-state index contributed by atoms with van der Waals surface area (Å²) in [5.41, 5.74) is 3.98. The Morgan fingerprint density at radius 1 is 1.35 bits per heavy atom. The molecule has 4 heterocycles. The fourth-order valence-corrected chi connectivity index (χ4v) is 6.56. The van der Waals surface area contributed by atoms with Crippen molar-refractivity contribution < 1.29 is 19.7 Å². The molecule has 4 aliphatic heterocycles. The van der Waals surface area contributed by atoms with Gasteiger partial charge in [0.1, 0.15) is 5.60 Å². The average molecular weight is 356 g/mol. The second-order valence-corrected chi connectivity index (χ2v) is 8.07. The fourth-order valence-electron chi connectivity index (χ4n) is 6.56. The highest BCUT2D eigenvalue weighted by molar-refractivity contribution is 5.94. The summed E-state index contributed by atoms with van der Waals surface area (Å²) in [6.45, 7) is 4.25. The number of ether oxygens (including phenoxy) is 2. The second-order valence-electron chi connectivity index (χ2n) is 8.07. The number of hydrogen-bond donors (Lipinski definition) is 1. The van der Waals surface area contributed by atoms with Crippen molar-refractivity contribution in [3.8, 4) is 0 Å². The van der Waals surface area contributed by atoms with Crippen LogP contribution in [0.4, 0.5) is 5.69 Å². The summed E-state index contributed by atoms with van der Waals surface area (Å²) in [5, 5.41) is 3.63. The lowest BCUT2D eigenvalue weighted by molar-refractivity contribution is -0.138. The highest BCUT2D eigenvalue weighted by Crippen LogP contribution is 2.69. The molecule has 3 fully saturated rings. The lowest BCUT2D eigenvalue weighted by Gasteiger charge is -2.51.